The van der Waals surface area contributed by atoms with Crippen LogP contribution in [0.1, 0.15) is 45.4 Å². The maximum atomic E-state index is 10.9. The molecule has 0 saturated heterocycles. The fourth-order valence-corrected chi connectivity index (χ4v) is 1.51. The molecule has 4 N–H and O–H groups in total. The van der Waals surface area contributed by atoms with Crippen LogP contribution in [0.5, 0.6) is 0 Å². The van der Waals surface area contributed by atoms with Crippen molar-refractivity contribution in [2.24, 2.45) is 5.73 Å². The molecule has 0 amide bonds. The molecule has 0 aromatic rings. The Morgan fingerprint density at radius 1 is 0.941 bits per heavy atom. The standard InChI is InChI=1S/C11H19NO5/c1-8(13)2-5-11(12,6-3-9(14)15)7-4-10(16)17/h2-7,12H2,1H3,(H,14,15)(H,16,17). The van der Waals surface area contributed by atoms with Gasteiger partial charge >= 0.3 is 11.9 Å². The lowest BCUT2D eigenvalue weighted by atomic mass is 9.84. The number of carbonyl (C=O) groups excluding carboxylic acids is 1. The minimum absolute atomic E-state index is 0.0366. The number of carbonyl (C=O) groups is 3. The van der Waals surface area contributed by atoms with Crippen molar-refractivity contribution in [1.82, 2.24) is 0 Å². The highest BCUT2D eigenvalue weighted by molar-refractivity contribution is 5.75. The van der Waals surface area contributed by atoms with E-state index < -0.39 is 17.5 Å². The van der Waals surface area contributed by atoms with Crippen LogP contribution in [0.2, 0.25) is 0 Å². The Bertz CT molecular complexity index is 255. The summed E-state index contributed by atoms with van der Waals surface area (Å²) in [5.74, 6) is -1.98. The number of ketones is 1. The van der Waals surface area contributed by atoms with Gasteiger partial charge in [0.15, 0.2) is 0 Å². The molecule has 6 heteroatoms. The van der Waals surface area contributed by atoms with Gasteiger partial charge in [-0.2, -0.15) is 0 Å². The predicted molar refractivity (Wildman–Crippen MR) is 60.6 cm³/mol. The van der Waals surface area contributed by atoms with Crippen LogP contribution in [-0.2, 0) is 14.4 Å². The molecule has 0 aliphatic rings. The van der Waals surface area contributed by atoms with E-state index in [1.165, 1.54) is 6.92 Å². The average Bonchev–Trinajstić information content (AvgIpc) is 2.21. The molecule has 0 heterocycles. The highest BCUT2D eigenvalue weighted by Crippen LogP contribution is 2.22. The van der Waals surface area contributed by atoms with Crippen molar-refractivity contribution < 1.29 is 24.6 Å². The summed E-state index contributed by atoms with van der Waals surface area (Å²) < 4.78 is 0. The quantitative estimate of drug-likeness (QED) is 0.552. The molecule has 0 aromatic carbocycles. The minimum atomic E-state index is -0.974. The highest BCUT2D eigenvalue weighted by atomic mass is 16.4. The van der Waals surface area contributed by atoms with Crippen molar-refractivity contribution in [2.45, 2.75) is 51.0 Å². The van der Waals surface area contributed by atoms with Crippen molar-refractivity contribution in [3.63, 3.8) is 0 Å². The van der Waals surface area contributed by atoms with E-state index in [2.05, 4.69) is 0 Å². The van der Waals surface area contributed by atoms with Crippen LogP contribution < -0.4 is 5.73 Å². The van der Waals surface area contributed by atoms with Crippen LogP contribution >= 0.6 is 0 Å². The Morgan fingerprint density at radius 3 is 1.59 bits per heavy atom. The Hall–Kier alpha value is -1.43. The van der Waals surface area contributed by atoms with Gasteiger partial charge in [-0.1, -0.05) is 0 Å². The van der Waals surface area contributed by atoms with E-state index in [4.69, 9.17) is 15.9 Å². The van der Waals surface area contributed by atoms with Crippen LogP contribution in [0.4, 0.5) is 0 Å². The van der Waals surface area contributed by atoms with Gasteiger partial charge in [-0.05, 0) is 26.2 Å². The zero-order valence-electron chi connectivity index (χ0n) is 9.94. The molecule has 0 unspecified atom stereocenters. The van der Waals surface area contributed by atoms with Crippen molar-refractivity contribution in [3.05, 3.63) is 0 Å². The van der Waals surface area contributed by atoms with Gasteiger partial charge in [-0.15, -0.1) is 0 Å². The molecular formula is C11H19NO5. The number of aliphatic carboxylic acids is 2. The molecule has 0 radical (unpaired) electrons. The summed E-state index contributed by atoms with van der Waals surface area (Å²) in [6, 6.07) is 0. The van der Waals surface area contributed by atoms with Gasteiger partial charge in [-0.25, -0.2) is 0 Å². The summed E-state index contributed by atoms with van der Waals surface area (Å²) in [7, 11) is 0. The predicted octanol–water partition coefficient (Wildman–Crippen LogP) is 0.783. The first-order valence-corrected chi connectivity index (χ1v) is 5.47. The molecule has 0 saturated carbocycles. The van der Waals surface area contributed by atoms with E-state index in [1.54, 1.807) is 0 Å². The lowest BCUT2D eigenvalue weighted by Gasteiger charge is -2.28. The molecule has 0 aromatic heterocycles. The molecule has 0 fully saturated rings. The normalized spacial score (nSPS) is 11.2. The average molecular weight is 245 g/mol. The summed E-state index contributed by atoms with van der Waals surface area (Å²) in [6.07, 6.45) is 0.701. The minimum Gasteiger partial charge on any atom is -0.481 e. The van der Waals surface area contributed by atoms with Crippen LogP contribution in [0.15, 0.2) is 0 Å². The number of Topliss-reactive ketones (excluding diaryl/α,β-unsaturated/α-hetero) is 1. The first-order chi connectivity index (χ1) is 7.75. The van der Waals surface area contributed by atoms with Crippen molar-refractivity contribution in [1.29, 1.82) is 0 Å². The summed E-state index contributed by atoms with van der Waals surface area (Å²) in [6.45, 7) is 1.43. The second-order valence-electron chi connectivity index (χ2n) is 4.35. The molecular weight excluding hydrogens is 226 g/mol. The van der Waals surface area contributed by atoms with Crippen molar-refractivity contribution in [3.8, 4) is 0 Å². The van der Waals surface area contributed by atoms with Crippen molar-refractivity contribution >= 4 is 17.7 Å². The number of carboxylic acids is 2. The third-order valence-corrected chi connectivity index (χ3v) is 2.65. The summed E-state index contributed by atoms with van der Waals surface area (Å²) in [5, 5.41) is 17.2. The second kappa shape index (κ2) is 7.01. The molecule has 0 aliphatic carbocycles. The van der Waals surface area contributed by atoms with Crippen LogP contribution in [-0.4, -0.2) is 33.5 Å². The van der Waals surface area contributed by atoms with E-state index in [1.807, 2.05) is 0 Å². The van der Waals surface area contributed by atoms with Crippen LogP contribution in [0.3, 0.4) is 0 Å². The Balaban J connectivity index is 4.37. The Morgan fingerprint density at radius 2 is 1.29 bits per heavy atom. The summed E-state index contributed by atoms with van der Waals surface area (Å²) in [5.41, 5.74) is 5.08. The molecule has 6 nitrogen and oxygen atoms in total. The lowest BCUT2D eigenvalue weighted by Crippen LogP contribution is -2.41. The number of nitrogens with two attached hydrogens (primary N) is 1. The molecule has 0 aliphatic heterocycles. The summed E-state index contributed by atoms with van der Waals surface area (Å²) in [4.78, 5) is 31.8. The molecule has 17 heavy (non-hydrogen) atoms. The van der Waals surface area contributed by atoms with E-state index in [0.717, 1.165) is 0 Å². The van der Waals surface area contributed by atoms with E-state index in [0.29, 0.717) is 6.42 Å². The Labute approximate surface area is 99.8 Å². The van der Waals surface area contributed by atoms with Crippen LogP contribution in [0, 0.1) is 0 Å². The van der Waals surface area contributed by atoms with Gasteiger partial charge in [0.2, 0.25) is 0 Å². The maximum absolute atomic E-state index is 10.9. The van der Waals surface area contributed by atoms with Crippen molar-refractivity contribution in [2.75, 3.05) is 0 Å². The summed E-state index contributed by atoms with van der Waals surface area (Å²) >= 11 is 0. The number of carboxylic acid groups (broad SMARTS) is 2. The lowest BCUT2D eigenvalue weighted by molar-refractivity contribution is -0.137. The molecule has 0 atom stereocenters. The van der Waals surface area contributed by atoms with Gasteiger partial charge in [0.05, 0.1) is 0 Å². The number of hydrogen-bond donors (Lipinski definition) is 3. The monoisotopic (exact) mass is 245 g/mol. The SMILES string of the molecule is CC(=O)CCC(N)(CCC(=O)O)CCC(=O)O. The smallest absolute Gasteiger partial charge is 0.303 e. The maximum Gasteiger partial charge on any atom is 0.303 e. The zero-order chi connectivity index (χ0) is 13.5. The third kappa shape index (κ3) is 8.38. The third-order valence-electron chi connectivity index (χ3n) is 2.65. The van der Waals surface area contributed by atoms with Gasteiger partial charge in [0.1, 0.15) is 5.78 Å². The largest absolute Gasteiger partial charge is 0.481 e. The van der Waals surface area contributed by atoms with E-state index >= 15 is 0 Å². The van der Waals surface area contributed by atoms with E-state index in [-0.39, 0.29) is 37.9 Å². The van der Waals surface area contributed by atoms with Gasteiger partial charge in [0.25, 0.3) is 0 Å². The Kier molecular flexibility index (Phi) is 6.42. The first-order valence-electron chi connectivity index (χ1n) is 5.47. The number of rotatable bonds is 9. The second-order valence-corrected chi connectivity index (χ2v) is 4.35. The topological polar surface area (TPSA) is 118 Å². The first kappa shape index (κ1) is 15.6. The fourth-order valence-electron chi connectivity index (χ4n) is 1.51. The highest BCUT2D eigenvalue weighted by Gasteiger charge is 2.26. The zero-order valence-corrected chi connectivity index (χ0v) is 9.94. The molecule has 0 rings (SSSR count). The number of hydrogen-bond acceptors (Lipinski definition) is 4. The van der Waals surface area contributed by atoms with Crippen LogP contribution in [0.25, 0.3) is 0 Å². The molecule has 98 valence electrons. The molecule has 0 bridgehead atoms. The van der Waals surface area contributed by atoms with E-state index in [9.17, 15) is 14.4 Å². The fraction of sp³-hybridized carbons (Fsp3) is 0.727. The van der Waals surface area contributed by atoms with Gasteiger partial charge < -0.3 is 20.7 Å². The van der Waals surface area contributed by atoms with Gasteiger partial charge in [-0.3, -0.25) is 9.59 Å². The van der Waals surface area contributed by atoms with Gasteiger partial charge in [0, 0.05) is 24.8 Å². The molecule has 0 spiro atoms.